The molecule has 1 heterocycles. The number of hydrogen-bond acceptors (Lipinski definition) is 3. The Labute approximate surface area is 123 Å². The summed E-state index contributed by atoms with van der Waals surface area (Å²) < 4.78 is 2.56. The molecule has 0 amide bonds. The molecule has 1 atom stereocenters. The van der Waals surface area contributed by atoms with Crippen LogP contribution >= 0.6 is 0 Å². The molecule has 0 aliphatic rings. The van der Waals surface area contributed by atoms with Gasteiger partial charge in [0.15, 0.2) is 0 Å². The van der Waals surface area contributed by atoms with E-state index in [1.165, 1.54) is 22.7 Å². The molecule has 0 radical (unpaired) electrons. The van der Waals surface area contributed by atoms with Crippen LogP contribution in [0.1, 0.15) is 29.7 Å². The van der Waals surface area contributed by atoms with Gasteiger partial charge >= 0.3 is 5.69 Å². The molecule has 0 spiro atoms. The van der Waals surface area contributed by atoms with Crippen molar-refractivity contribution in [1.82, 2.24) is 14.5 Å². The van der Waals surface area contributed by atoms with Crippen LogP contribution in [0.4, 0.5) is 0 Å². The molecule has 5 heteroatoms. The third-order valence-corrected chi connectivity index (χ3v) is 3.69. The largest absolute Gasteiger partial charge is 0.330 e. The molecule has 0 aliphatic carbocycles. The average Bonchev–Trinajstić information content (AvgIpc) is 2.48. The van der Waals surface area contributed by atoms with Crippen LogP contribution < -0.4 is 16.6 Å². The van der Waals surface area contributed by atoms with E-state index in [-0.39, 0.29) is 17.3 Å². The van der Waals surface area contributed by atoms with Crippen LogP contribution in [-0.4, -0.2) is 9.13 Å². The highest BCUT2D eigenvalue weighted by Gasteiger charge is 2.09. The van der Waals surface area contributed by atoms with E-state index >= 15 is 0 Å². The van der Waals surface area contributed by atoms with Gasteiger partial charge < -0.3 is 9.88 Å². The first-order chi connectivity index (χ1) is 9.90. The molecule has 5 nitrogen and oxygen atoms in total. The average molecular weight is 287 g/mol. The highest BCUT2D eigenvalue weighted by molar-refractivity contribution is 5.23. The van der Waals surface area contributed by atoms with Crippen molar-refractivity contribution in [3.05, 3.63) is 68.0 Å². The summed E-state index contributed by atoms with van der Waals surface area (Å²) in [6.45, 7) is 4.53. The summed E-state index contributed by atoms with van der Waals surface area (Å²) in [6, 6.07) is 8.42. The molecule has 0 bridgehead atoms. The van der Waals surface area contributed by atoms with E-state index in [9.17, 15) is 9.59 Å². The Morgan fingerprint density at radius 1 is 1.14 bits per heavy atom. The van der Waals surface area contributed by atoms with Gasteiger partial charge in [-0.2, -0.15) is 0 Å². The SMILES string of the molecule is Cc1ccc([C@H](C)NCc2cn(C)c(=O)n(C)c2=O)cc1. The lowest BCUT2D eigenvalue weighted by atomic mass is 10.1. The Hall–Kier alpha value is -2.14. The minimum absolute atomic E-state index is 0.132. The molecule has 0 unspecified atom stereocenters. The van der Waals surface area contributed by atoms with Crippen LogP contribution in [0.25, 0.3) is 0 Å². The third-order valence-electron chi connectivity index (χ3n) is 3.69. The van der Waals surface area contributed by atoms with Gasteiger partial charge in [0.05, 0.1) is 0 Å². The molecule has 0 fully saturated rings. The fourth-order valence-electron chi connectivity index (χ4n) is 2.24. The normalized spacial score (nSPS) is 12.4. The molecule has 0 saturated carbocycles. The number of aryl methyl sites for hydroxylation is 2. The quantitative estimate of drug-likeness (QED) is 0.920. The first kappa shape index (κ1) is 15.3. The van der Waals surface area contributed by atoms with Crippen molar-refractivity contribution in [2.45, 2.75) is 26.4 Å². The van der Waals surface area contributed by atoms with Gasteiger partial charge in [0.1, 0.15) is 0 Å². The molecule has 21 heavy (non-hydrogen) atoms. The maximum Gasteiger partial charge on any atom is 0.330 e. The maximum atomic E-state index is 12.0. The first-order valence-electron chi connectivity index (χ1n) is 6.95. The molecule has 112 valence electrons. The van der Waals surface area contributed by atoms with Crippen molar-refractivity contribution in [3.63, 3.8) is 0 Å². The fourth-order valence-corrected chi connectivity index (χ4v) is 2.24. The highest BCUT2D eigenvalue weighted by Crippen LogP contribution is 2.13. The van der Waals surface area contributed by atoms with E-state index in [1.54, 1.807) is 13.2 Å². The number of aromatic nitrogens is 2. The van der Waals surface area contributed by atoms with Gasteiger partial charge in [-0.3, -0.25) is 9.36 Å². The van der Waals surface area contributed by atoms with Crippen molar-refractivity contribution in [2.75, 3.05) is 0 Å². The number of hydrogen-bond donors (Lipinski definition) is 1. The zero-order chi connectivity index (χ0) is 15.6. The Kier molecular flexibility index (Phi) is 4.43. The van der Waals surface area contributed by atoms with E-state index in [1.807, 2.05) is 0 Å². The fraction of sp³-hybridized carbons (Fsp3) is 0.375. The Bertz CT molecular complexity index is 742. The van der Waals surface area contributed by atoms with E-state index in [4.69, 9.17) is 0 Å². The molecular weight excluding hydrogens is 266 g/mol. The van der Waals surface area contributed by atoms with Gasteiger partial charge in [-0.1, -0.05) is 29.8 Å². The van der Waals surface area contributed by atoms with Crippen LogP contribution in [0.15, 0.2) is 40.1 Å². The molecule has 1 aromatic carbocycles. The lowest BCUT2D eigenvalue weighted by Crippen LogP contribution is -2.39. The van der Waals surface area contributed by atoms with Crippen LogP contribution in [0.5, 0.6) is 0 Å². The molecule has 0 saturated heterocycles. The molecule has 2 rings (SSSR count). The summed E-state index contributed by atoms with van der Waals surface area (Å²) >= 11 is 0. The van der Waals surface area contributed by atoms with Crippen LogP contribution in [-0.2, 0) is 20.6 Å². The molecule has 2 aromatic rings. The van der Waals surface area contributed by atoms with Crippen LogP contribution in [0.3, 0.4) is 0 Å². The smallest absolute Gasteiger partial charge is 0.306 e. The van der Waals surface area contributed by atoms with Crippen molar-refractivity contribution < 1.29 is 0 Å². The Morgan fingerprint density at radius 3 is 2.38 bits per heavy atom. The molecule has 1 N–H and O–H groups in total. The molecule has 0 aliphatic heterocycles. The second kappa shape index (κ2) is 6.10. The van der Waals surface area contributed by atoms with Gasteiger partial charge in [0.25, 0.3) is 5.56 Å². The van der Waals surface area contributed by atoms with Gasteiger partial charge in [-0.25, -0.2) is 4.79 Å². The summed E-state index contributed by atoms with van der Waals surface area (Å²) in [5.41, 5.74) is 2.41. The minimum atomic E-state index is -0.310. The monoisotopic (exact) mass is 287 g/mol. The van der Waals surface area contributed by atoms with E-state index in [2.05, 4.69) is 43.4 Å². The van der Waals surface area contributed by atoms with Gasteiger partial charge in [0, 0.05) is 38.4 Å². The summed E-state index contributed by atoms with van der Waals surface area (Å²) in [7, 11) is 3.15. The number of rotatable bonds is 4. The summed E-state index contributed by atoms with van der Waals surface area (Å²) in [5, 5.41) is 3.32. The topological polar surface area (TPSA) is 56.0 Å². The zero-order valence-corrected chi connectivity index (χ0v) is 12.9. The number of nitrogens with one attached hydrogen (secondary N) is 1. The predicted octanol–water partition coefficient (Wildman–Crippen LogP) is 1.24. The van der Waals surface area contributed by atoms with E-state index < -0.39 is 0 Å². The lowest BCUT2D eigenvalue weighted by Gasteiger charge is -2.15. The second-order valence-electron chi connectivity index (χ2n) is 5.43. The summed E-state index contributed by atoms with van der Waals surface area (Å²) in [5.74, 6) is 0. The lowest BCUT2D eigenvalue weighted by molar-refractivity contribution is 0.558. The van der Waals surface area contributed by atoms with Gasteiger partial charge in [-0.15, -0.1) is 0 Å². The maximum absolute atomic E-state index is 12.0. The zero-order valence-electron chi connectivity index (χ0n) is 12.9. The van der Waals surface area contributed by atoms with Crippen molar-refractivity contribution in [3.8, 4) is 0 Å². The molecule has 1 aromatic heterocycles. The van der Waals surface area contributed by atoms with E-state index in [0.29, 0.717) is 12.1 Å². The Morgan fingerprint density at radius 2 is 1.76 bits per heavy atom. The second-order valence-corrected chi connectivity index (χ2v) is 5.43. The highest BCUT2D eigenvalue weighted by atomic mass is 16.2. The van der Waals surface area contributed by atoms with Crippen molar-refractivity contribution in [1.29, 1.82) is 0 Å². The van der Waals surface area contributed by atoms with Crippen molar-refractivity contribution in [2.24, 2.45) is 14.1 Å². The van der Waals surface area contributed by atoms with E-state index in [0.717, 1.165) is 4.57 Å². The number of benzene rings is 1. The Balaban J connectivity index is 2.15. The first-order valence-corrected chi connectivity index (χ1v) is 6.95. The van der Waals surface area contributed by atoms with Crippen LogP contribution in [0, 0.1) is 6.92 Å². The molecular formula is C16H21N3O2. The summed E-state index contributed by atoms with van der Waals surface area (Å²) in [4.78, 5) is 23.7. The number of nitrogens with zero attached hydrogens (tertiary/aromatic N) is 2. The van der Waals surface area contributed by atoms with Gasteiger partial charge in [-0.05, 0) is 19.4 Å². The minimum Gasteiger partial charge on any atom is -0.306 e. The van der Waals surface area contributed by atoms with Gasteiger partial charge in [0.2, 0.25) is 0 Å². The summed E-state index contributed by atoms with van der Waals surface area (Å²) in [6.07, 6.45) is 1.60. The predicted molar refractivity (Wildman–Crippen MR) is 83.4 cm³/mol. The van der Waals surface area contributed by atoms with Crippen molar-refractivity contribution >= 4 is 0 Å². The third kappa shape index (κ3) is 3.31. The van der Waals surface area contributed by atoms with Crippen LogP contribution in [0.2, 0.25) is 0 Å². The standard InChI is InChI=1S/C16H21N3O2/c1-11-5-7-13(8-6-11)12(2)17-9-14-10-18(3)16(21)19(4)15(14)20/h5-8,10,12,17H,9H2,1-4H3/t12-/m0/s1.